The molecular formula is C20H32N6O. The van der Waals surface area contributed by atoms with E-state index in [1.54, 1.807) is 6.20 Å². The van der Waals surface area contributed by atoms with Gasteiger partial charge >= 0.3 is 0 Å². The Balaban J connectivity index is 0.00000150. The highest BCUT2D eigenvalue weighted by Crippen LogP contribution is 2.27. The van der Waals surface area contributed by atoms with Gasteiger partial charge in [-0.25, -0.2) is 9.97 Å². The standard InChI is InChI=1S/C20H26N6O.3H2/c1-3-20(27,4-2)16-13-26(12-11-21-16)17-9-5-8-15(23-17)18-14-7-6-10-22-19(14)25-24-18;;;/h5-10,16,21,27H,3-4,11-13H2,1-2H3,(H,22,24,25);3*1H. The molecule has 0 saturated carbocycles. The van der Waals surface area contributed by atoms with E-state index in [4.69, 9.17) is 4.98 Å². The van der Waals surface area contributed by atoms with Crippen LogP contribution in [0, 0.1) is 0 Å². The molecule has 0 bridgehead atoms. The number of aromatic amines is 1. The number of nitrogens with zero attached hydrogens (tertiary/aromatic N) is 4. The van der Waals surface area contributed by atoms with Crippen molar-refractivity contribution in [3.63, 3.8) is 0 Å². The van der Waals surface area contributed by atoms with Gasteiger partial charge < -0.3 is 15.3 Å². The van der Waals surface area contributed by atoms with Gasteiger partial charge in [-0.3, -0.25) is 5.10 Å². The molecule has 1 fully saturated rings. The number of hydrogen-bond donors (Lipinski definition) is 3. The van der Waals surface area contributed by atoms with E-state index in [1.165, 1.54) is 0 Å². The Labute approximate surface area is 163 Å². The van der Waals surface area contributed by atoms with Crippen LogP contribution in [0.5, 0.6) is 0 Å². The van der Waals surface area contributed by atoms with Crippen molar-refractivity contribution in [3.8, 4) is 11.4 Å². The van der Waals surface area contributed by atoms with Crippen molar-refractivity contribution < 1.29 is 9.39 Å². The molecule has 1 aliphatic heterocycles. The third-order valence-corrected chi connectivity index (χ3v) is 5.69. The lowest BCUT2D eigenvalue weighted by molar-refractivity contribution is -0.00674. The number of hydrogen-bond acceptors (Lipinski definition) is 6. The van der Waals surface area contributed by atoms with Crippen LogP contribution >= 0.6 is 0 Å². The zero-order chi connectivity index (χ0) is 18.9. The molecule has 3 aromatic heterocycles. The van der Waals surface area contributed by atoms with E-state index >= 15 is 0 Å². The second-order valence-electron chi connectivity index (χ2n) is 7.12. The first-order chi connectivity index (χ1) is 13.1. The van der Waals surface area contributed by atoms with Gasteiger partial charge in [0.25, 0.3) is 0 Å². The predicted molar refractivity (Wildman–Crippen MR) is 113 cm³/mol. The maximum Gasteiger partial charge on any atom is 0.181 e. The van der Waals surface area contributed by atoms with Crippen LogP contribution in [0.3, 0.4) is 0 Å². The number of piperazine rings is 1. The average molecular weight is 373 g/mol. The molecule has 4 heterocycles. The van der Waals surface area contributed by atoms with Crippen LogP contribution in [-0.4, -0.2) is 56.5 Å². The fourth-order valence-corrected chi connectivity index (χ4v) is 3.84. The summed E-state index contributed by atoms with van der Waals surface area (Å²) >= 11 is 0. The second kappa shape index (κ2) is 7.25. The summed E-state index contributed by atoms with van der Waals surface area (Å²) in [4.78, 5) is 11.4. The van der Waals surface area contributed by atoms with Gasteiger partial charge in [-0.05, 0) is 37.1 Å². The van der Waals surface area contributed by atoms with Crippen LogP contribution in [0.4, 0.5) is 5.82 Å². The summed E-state index contributed by atoms with van der Waals surface area (Å²) in [7, 11) is 0. The summed E-state index contributed by atoms with van der Waals surface area (Å²) in [6.07, 6.45) is 3.20. The molecule has 0 aromatic carbocycles. The van der Waals surface area contributed by atoms with Crippen LogP contribution in [-0.2, 0) is 0 Å². The molecule has 1 unspecified atom stereocenters. The Kier molecular flexibility index (Phi) is 4.80. The lowest BCUT2D eigenvalue weighted by Crippen LogP contribution is -2.61. The fraction of sp³-hybridized carbons (Fsp3) is 0.450. The smallest absolute Gasteiger partial charge is 0.181 e. The maximum absolute atomic E-state index is 10.9. The van der Waals surface area contributed by atoms with E-state index in [-0.39, 0.29) is 10.3 Å². The number of rotatable bonds is 5. The normalized spacial score (nSPS) is 18.2. The fourth-order valence-electron chi connectivity index (χ4n) is 3.84. The first kappa shape index (κ1) is 17.9. The second-order valence-corrected chi connectivity index (χ2v) is 7.12. The Bertz CT molecular complexity index is 934. The number of fused-ring (bicyclic) bond motifs is 1. The van der Waals surface area contributed by atoms with Gasteiger partial charge in [0.05, 0.1) is 23.0 Å². The molecule has 0 amide bonds. The number of pyridine rings is 2. The monoisotopic (exact) mass is 372 g/mol. The van der Waals surface area contributed by atoms with E-state index < -0.39 is 5.60 Å². The Morgan fingerprint density at radius 1 is 1.26 bits per heavy atom. The van der Waals surface area contributed by atoms with Crippen molar-refractivity contribution in [3.05, 3.63) is 36.5 Å². The molecule has 3 N–H and O–H groups in total. The highest BCUT2D eigenvalue weighted by molar-refractivity contribution is 5.89. The molecule has 1 atom stereocenters. The third-order valence-electron chi connectivity index (χ3n) is 5.69. The van der Waals surface area contributed by atoms with Gasteiger partial charge in [0.15, 0.2) is 5.65 Å². The SMILES string of the molecule is CCC(O)(CC)C1CN(c2cccc(-c3[nH]nc4ncccc34)n2)CCN1.[HH].[HH].[HH]. The molecule has 1 aliphatic rings. The summed E-state index contributed by atoms with van der Waals surface area (Å²) in [5.41, 5.74) is 1.73. The number of H-pyrrole nitrogens is 1. The van der Waals surface area contributed by atoms with E-state index in [9.17, 15) is 5.11 Å². The zero-order valence-corrected chi connectivity index (χ0v) is 15.8. The van der Waals surface area contributed by atoms with Crippen LogP contribution in [0.15, 0.2) is 36.5 Å². The van der Waals surface area contributed by atoms with Crippen molar-refractivity contribution in [2.24, 2.45) is 0 Å². The summed E-state index contributed by atoms with van der Waals surface area (Å²) in [6, 6.07) is 9.96. The molecule has 0 spiro atoms. The van der Waals surface area contributed by atoms with Gasteiger partial charge in [0.1, 0.15) is 5.82 Å². The van der Waals surface area contributed by atoms with E-state index in [1.807, 2.05) is 44.2 Å². The van der Waals surface area contributed by atoms with Crippen molar-refractivity contribution in [1.82, 2.24) is 25.5 Å². The zero-order valence-electron chi connectivity index (χ0n) is 15.8. The summed E-state index contributed by atoms with van der Waals surface area (Å²) in [5.74, 6) is 0.917. The lowest BCUT2D eigenvalue weighted by Gasteiger charge is -2.42. The van der Waals surface area contributed by atoms with Crippen molar-refractivity contribution in [2.45, 2.75) is 38.3 Å². The summed E-state index contributed by atoms with van der Waals surface area (Å²) in [6.45, 7) is 6.51. The minimum absolute atomic E-state index is 0. The topological polar surface area (TPSA) is 90.0 Å². The largest absolute Gasteiger partial charge is 0.388 e. The average Bonchev–Trinajstić information content (AvgIpc) is 3.17. The quantitative estimate of drug-likeness (QED) is 0.638. The first-order valence-electron chi connectivity index (χ1n) is 9.62. The Morgan fingerprint density at radius 2 is 2.11 bits per heavy atom. The molecule has 7 heteroatoms. The Hall–Kier alpha value is -2.51. The third kappa shape index (κ3) is 3.28. The van der Waals surface area contributed by atoms with E-state index in [0.717, 1.165) is 55.1 Å². The van der Waals surface area contributed by atoms with Crippen LogP contribution in [0.25, 0.3) is 22.4 Å². The molecular weight excluding hydrogens is 340 g/mol. The highest BCUT2D eigenvalue weighted by Gasteiger charge is 2.36. The highest BCUT2D eigenvalue weighted by atomic mass is 16.3. The predicted octanol–water partition coefficient (Wildman–Crippen LogP) is 3.09. The summed E-state index contributed by atoms with van der Waals surface area (Å²) < 4.78 is 0. The lowest BCUT2D eigenvalue weighted by atomic mass is 9.87. The maximum atomic E-state index is 10.9. The van der Waals surface area contributed by atoms with Gasteiger partial charge in [-0.2, -0.15) is 5.10 Å². The van der Waals surface area contributed by atoms with Crippen LogP contribution < -0.4 is 10.2 Å². The summed E-state index contributed by atoms with van der Waals surface area (Å²) in [5, 5.41) is 22.7. The van der Waals surface area contributed by atoms with Gasteiger partial charge in [-0.15, -0.1) is 0 Å². The minimum Gasteiger partial charge on any atom is -0.388 e. The molecule has 7 nitrogen and oxygen atoms in total. The van der Waals surface area contributed by atoms with Crippen LogP contribution in [0.1, 0.15) is 31.0 Å². The van der Waals surface area contributed by atoms with Crippen molar-refractivity contribution in [1.29, 1.82) is 0 Å². The van der Waals surface area contributed by atoms with Crippen molar-refractivity contribution >= 4 is 16.9 Å². The molecule has 3 aromatic rings. The molecule has 1 saturated heterocycles. The first-order valence-corrected chi connectivity index (χ1v) is 9.62. The van der Waals surface area contributed by atoms with Gasteiger partial charge in [-0.1, -0.05) is 19.9 Å². The number of aliphatic hydroxyl groups is 1. The van der Waals surface area contributed by atoms with Crippen LogP contribution in [0.2, 0.25) is 0 Å². The number of aromatic nitrogens is 4. The molecule has 4 rings (SSSR count). The van der Waals surface area contributed by atoms with E-state index in [2.05, 4.69) is 25.4 Å². The van der Waals surface area contributed by atoms with Gasteiger partial charge in [0.2, 0.25) is 0 Å². The number of nitrogens with one attached hydrogen (secondary N) is 2. The minimum atomic E-state index is -0.693. The molecule has 0 radical (unpaired) electrons. The van der Waals surface area contributed by atoms with E-state index in [0.29, 0.717) is 5.65 Å². The Morgan fingerprint density at radius 3 is 2.93 bits per heavy atom. The van der Waals surface area contributed by atoms with Crippen molar-refractivity contribution in [2.75, 3.05) is 24.5 Å². The van der Waals surface area contributed by atoms with Gasteiger partial charge in [0, 0.05) is 35.5 Å². The molecule has 27 heavy (non-hydrogen) atoms. The number of anilines is 1. The molecule has 148 valence electrons. The molecule has 0 aliphatic carbocycles.